The van der Waals surface area contributed by atoms with Gasteiger partial charge in [0.1, 0.15) is 0 Å². The van der Waals surface area contributed by atoms with Gasteiger partial charge in [0.25, 0.3) is 5.91 Å². The Labute approximate surface area is 146 Å². The zero-order valence-corrected chi connectivity index (χ0v) is 14.5. The number of oxime groups is 1. The van der Waals surface area contributed by atoms with E-state index in [1.165, 1.54) is 16.9 Å². The van der Waals surface area contributed by atoms with E-state index in [2.05, 4.69) is 42.9 Å². The average molecular weight is 340 g/mol. The van der Waals surface area contributed by atoms with Crippen LogP contribution in [0.25, 0.3) is 0 Å². The molecule has 0 aliphatic carbocycles. The highest BCUT2D eigenvalue weighted by atomic mass is 32.1. The van der Waals surface area contributed by atoms with Crippen LogP contribution in [-0.4, -0.2) is 35.7 Å². The molecule has 0 spiro atoms. The molecule has 1 aliphatic rings. The van der Waals surface area contributed by atoms with Crippen LogP contribution in [0, 0.1) is 6.92 Å². The summed E-state index contributed by atoms with van der Waals surface area (Å²) in [5, 5.41) is 6.11. The SMILES string of the molecule is C=CCN(C[C@@H]1CC(c2ccc(C)cc2)=NO1)C(=O)c1cccs1. The number of thiophene rings is 1. The van der Waals surface area contributed by atoms with E-state index in [9.17, 15) is 4.79 Å². The van der Waals surface area contributed by atoms with Gasteiger partial charge in [0.15, 0.2) is 6.10 Å². The van der Waals surface area contributed by atoms with Gasteiger partial charge < -0.3 is 9.74 Å². The number of amides is 1. The molecule has 1 aromatic carbocycles. The van der Waals surface area contributed by atoms with Gasteiger partial charge in [-0.25, -0.2) is 0 Å². The summed E-state index contributed by atoms with van der Waals surface area (Å²) in [5.74, 6) is 0.0114. The van der Waals surface area contributed by atoms with Crippen molar-refractivity contribution >= 4 is 23.0 Å². The van der Waals surface area contributed by atoms with Crippen molar-refractivity contribution in [2.45, 2.75) is 19.4 Å². The summed E-state index contributed by atoms with van der Waals surface area (Å²) in [4.78, 5) is 20.6. The minimum atomic E-state index is -0.120. The quantitative estimate of drug-likeness (QED) is 0.749. The highest BCUT2D eigenvalue weighted by Crippen LogP contribution is 2.20. The Balaban J connectivity index is 1.64. The van der Waals surface area contributed by atoms with E-state index in [4.69, 9.17) is 4.84 Å². The summed E-state index contributed by atoms with van der Waals surface area (Å²) in [6, 6.07) is 12.0. The lowest BCUT2D eigenvalue weighted by Gasteiger charge is -2.22. The molecule has 0 fully saturated rings. The molecule has 0 saturated heterocycles. The summed E-state index contributed by atoms with van der Waals surface area (Å²) in [7, 11) is 0. The van der Waals surface area contributed by atoms with Crippen molar-refractivity contribution in [3.05, 3.63) is 70.4 Å². The van der Waals surface area contributed by atoms with Crippen LogP contribution in [0.2, 0.25) is 0 Å². The number of benzene rings is 1. The molecule has 124 valence electrons. The van der Waals surface area contributed by atoms with Gasteiger partial charge in [0.05, 0.1) is 17.1 Å². The molecule has 0 unspecified atom stereocenters. The highest BCUT2D eigenvalue weighted by Gasteiger charge is 2.27. The lowest BCUT2D eigenvalue weighted by Crippen LogP contribution is -2.37. The highest BCUT2D eigenvalue weighted by molar-refractivity contribution is 7.12. The monoisotopic (exact) mass is 340 g/mol. The lowest BCUT2D eigenvalue weighted by atomic mass is 10.0. The lowest BCUT2D eigenvalue weighted by molar-refractivity contribution is 0.0452. The van der Waals surface area contributed by atoms with Gasteiger partial charge in [0.2, 0.25) is 0 Å². The third-order valence-corrected chi connectivity index (χ3v) is 4.77. The largest absolute Gasteiger partial charge is 0.390 e. The van der Waals surface area contributed by atoms with Crippen LogP contribution in [0.4, 0.5) is 0 Å². The molecule has 1 aromatic heterocycles. The first kappa shape index (κ1) is 16.5. The Kier molecular flexibility index (Phi) is 5.11. The van der Waals surface area contributed by atoms with Gasteiger partial charge in [-0.05, 0) is 23.9 Å². The Morgan fingerprint density at radius 1 is 1.42 bits per heavy atom. The minimum Gasteiger partial charge on any atom is -0.390 e. The minimum absolute atomic E-state index is 0.0114. The molecule has 2 aromatic rings. The van der Waals surface area contributed by atoms with Gasteiger partial charge in [0, 0.05) is 13.0 Å². The number of hydrogen-bond donors (Lipinski definition) is 0. The third-order valence-electron chi connectivity index (χ3n) is 3.91. The van der Waals surface area contributed by atoms with Gasteiger partial charge in [-0.2, -0.15) is 0 Å². The average Bonchev–Trinajstić information content (AvgIpc) is 3.26. The summed E-state index contributed by atoms with van der Waals surface area (Å²) in [6.45, 7) is 6.81. The van der Waals surface area contributed by atoms with Crippen LogP contribution in [0.3, 0.4) is 0 Å². The Morgan fingerprint density at radius 2 is 2.21 bits per heavy atom. The standard InChI is InChI=1S/C19H20N2O2S/c1-3-10-21(19(22)18-5-4-11-24-18)13-16-12-17(20-23-16)15-8-6-14(2)7-9-15/h3-9,11,16H,1,10,12-13H2,2H3/t16-/m0/s1. The number of carbonyl (C=O) groups excluding carboxylic acids is 1. The second kappa shape index (κ2) is 7.45. The molecule has 0 saturated carbocycles. The Bertz CT molecular complexity index is 735. The molecule has 1 amide bonds. The summed E-state index contributed by atoms with van der Waals surface area (Å²) < 4.78 is 0. The van der Waals surface area contributed by atoms with Crippen LogP contribution < -0.4 is 0 Å². The molecular weight excluding hydrogens is 320 g/mol. The van der Waals surface area contributed by atoms with E-state index in [1.807, 2.05) is 17.5 Å². The zero-order valence-electron chi connectivity index (χ0n) is 13.6. The van der Waals surface area contributed by atoms with Crippen LogP contribution in [0.1, 0.15) is 27.2 Å². The topological polar surface area (TPSA) is 41.9 Å². The van der Waals surface area contributed by atoms with Crippen LogP contribution in [0.5, 0.6) is 0 Å². The fraction of sp³-hybridized carbons (Fsp3) is 0.263. The molecule has 1 atom stereocenters. The number of aryl methyl sites for hydroxylation is 1. The number of nitrogens with zero attached hydrogens (tertiary/aromatic N) is 2. The van der Waals surface area contributed by atoms with Crippen LogP contribution in [-0.2, 0) is 4.84 Å². The second-order valence-electron chi connectivity index (χ2n) is 5.81. The number of carbonyl (C=O) groups is 1. The van der Waals surface area contributed by atoms with Crippen molar-refractivity contribution in [3.63, 3.8) is 0 Å². The molecule has 0 bridgehead atoms. The summed E-state index contributed by atoms with van der Waals surface area (Å²) in [6.07, 6.45) is 2.32. The number of hydrogen-bond acceptors (Lipinski definition) is 4. The van der Waals surface area contributed by atoms with Crippen molar-refractivity contribution in [2.24, 2.45) is 5.16 Å². The number of rotatable bonds is 6. The fourth-order valence-corrected chi connectivity index (χ4v) is 3.33. The van der Waals surface area contributed by atoms with E-state index >= 15 is 0 Å². The van der Waals surface area contributed by atoms with Crippen molar-refractivity contribution in [1.82, 2.24) is 4.90 Å². The first-order chi connectivity index (χ1) is 11.7. The maximum atomic E-state index is 12.6. The summed E-state index contributed by atoms with van der Waals surface area (Å²) >= 11 is 1.45. The van der Waals surface area contributed by atoms with Gasteiger partial charge in [-0.1, -0.05) is 47.1 Å². The molecular formula is C19H20N2O2S. The first-order valence-electron chi connectivity index (χ1n) is 7.91. The summed E-state index contributed by atoms with van der Waals surface area (Å²) in [5.41, 5.74) is 3.22. The first-order valence-corrected chi connectivity index (χ1v) is 8.78. The van der Waals surface area contributed by atoms with E-state index in [0.29, 0.717) is 19.5 Å². The van der Waals surface area contributed by atoms with E-state index < -0.39 is 0 Å². The van der Waals surface area contributed by atoms with Gasteiger partial charge in [-0.3, -0.25) is 4.79 Å². The molecule has 0 N–H and O–H groups in total. The van der Waals surface area contributed by atoms with Crippen LogP contribution >= 0.6 is 11.3 Å². The second-order valence-corrected chi connectivity index (χ2v) is 6.76. The maximum Gasteiger partial charge on any atom is 0.264 e. The predicted molar refractivity (Wildman–Crippen MR) is 97.6 cm³/mol. The van der Waals surface area contributed by atoms with Crippen molar-refractivity contribution in [2.75, 3.05) is 13.1 Å². The molecule has 1 aliphatic heterocycles. The fourth-order valence-electron chi connectivity index (χ4n) is 2.64. The van der Waals surface area contributed by atoms with E-state index in [1.54, 1.807) is 11.0 Å². The maximum absolute atomic E-state index is 12.6. The van der Waals surface area contributed by atoms with E-state index in [0.717, 1.165) is 16.2 Å². The predicted octanol–water partition coefficient (Wildman–Crippen LogP) is 3.88. The van der Waals surface area contributed by atoms with Gasteiger partial charge >= 0.3 is 0 Å². The molecule has 3 rings (SSSR count). The Hall–Kier alpha value is -2.40. The molecule has 5 heteroatoms. The van der Waals surface area contributed by atoms with Crippen LogP contribution in [0.15, 0.2) is 59.6 Å². The zero-order chi connectivity index (χ0) is 16.9. The van der Waals surface area contributed by atoms with Crippen molar-refractivity contribution in [3.8, 4) is 0 Å². The molecule has 2 heterocycles. The van der Waals surface area contributed by atoms with Gasteiger partial charge in [-0.15, -0.1) is 17.9 Å². The Morgan fingerprint density at radius 3 is 2.88 bits per heavy atom. The molecule has 0 radical (unpaired) electrons. The molecule has 4 nitrogen and oxygen atoms in total. The third kappa shape index (κ3) is 3.74. The normalized spacial score (nSPS) is 16.4. The smallest absolute Gasteiger partial charge is 0.264 e. The molecule has 24 heavy (non-hydrogen) atoms. The van der Waals surface area contributed by atoms with E-state index in [-0.39, 0.29) is 12.0 Å². The van der Waals surface area contributed by atoms with Crippen molar-refractivity contribution in [1.29, 1.82) is 0 Å². The van der Waals surface area contributed by atoms with Crippen molar-refractivity contribution < 1.29 is 9.63 Å².